The maximum atomic E-state index is 10.4. The van der Waals surface area contributed by atoms with Crippen LogP contribution >= 0.6 is 0 Å². The molecule has 130 valence electrons. The van der Waals surface area contributed by atoms with Crippen LogP contribution in [0.5, 0.6) is 5.75 Å². The lowest BCUT2D eigenvalue weighted by molar-refractivity contribution is -0.137. The number of aliphatic hydroxyl groups excluding tert-OH is 1. The molecule has 0 fully saturated rings. The molecule has 1 aromatic rings. The molecule has 0 aliphatic carbocycles. The Morgan fingerprint density at radius 1 is 1.00 bits per heavy atom. The van der Waals surface area contributed by atoms with Crippen molar-refractivity contribution in [2.45, 2.75) is 44.9 Å². The van der Waals surface area contributed by atoms with Gasteiger partial charge in [-0.3, -0.25) is 4.79 Å². The number of carboxylic acid groups (broad SMARTS) is 1. The van der Waals surface area contributed by atoms with Gasteiger partial charge >= 0.3 is 5.97 Å². The van der Waals surface area contributed by atoms with Crippen molar-refractivity contribution in [1.82, 2.24) is 0 Å². The van der Waals surface area contributed by atoms with Gasteiger partial charge in [0, 0.05) is 6.42 Å². The summed E-state index contributed by atoms with van der Waals surface area (Å²) in [5.74, 6) is 0.139. The topological polar surface area (TPSA) is 76.0 Å². The fourth-order valence-electron chi connectivity index (χ4n) is 2.31. The third kappa shape index (κ3) is 10.7. The minimum atomic E-state index is -0.705. The molecule has 0 amide bonds. The SMILES string of the molecule is O=C(O)CCCCCCCc1cccc(OCCOCCO)c1. The van der Waals surface area contributed by atoms with Gasteiger partial charge in [0.2, 0.25) is 0 Å². The number of rotatable bonds is 14. The number of aryl methyl sites for hydroxylation is 1. The van der Waals surface area contributed by atoms with Crippen LogP contribution in [0.15, 0.2) is 24.3 Å². The van der Waals surface area contributed by atoms with E-state index in [0.29, 0.717) is 19.8 Å². The maximum Gasteiger partial charge on any atom is 0.303 e. The average molecular weight is 324 g/mol. The summed E-state index contributed by atoms with van der Waals surface area (Å²) in [6.45, 7) is 1.33. The van der Waals surface area contributed by atoms with E-state index in [2.05, 4.69) is 12.1 Å². The van der Waals surface area contributed by atoms with E-state index >= 15 is 0 Å². The van der Waals surface area contributed by atoms with Crippen molar-refractivity contribution in [3.8, 4) is 5.75 Å². The van der Waals surface area contributed by atoms with Crippen LogP contribution in [0.3, 0.4) is 0 Å². The molecule has 0 saturated carbocycles. The van der Waals surface area contributed by atoms with E-state index in [0.717, 1.165) is 44.3 Å². The molecule has 0 unspecified atom stereocenters. The van der Waals surface area contributed by atoms with Crippen molar-refractivity contribution >= 4 is 5.97 Å². The highest BCUT2D eigenvalue weighted by Crippen LogP contribution is 2.16. The highest BCUT2D eigenvalue weighted by Gasteiger charge is 1.99. The zero-order valence-corrected chi connectivity index (χ0v) is 13.7. The van der Waals surface area contributed by atoms with E-state index in [-0.39, 0.29) is 13.0 Å². The molecule has 5 nitrogen and oxygen atoms in total. The second-order valence-corrected chi connectivity index (χ2v) is 5.49. The molecule has 0 radical (unpaired) electrons. The lowest BCUT2D eigenvalue weighted by atomic mass is 10.0. The Morgan fingerprint density at radius 3 is 2.57 bits per heavy atom. The number of hydrogen-bond donors (Lipinski definition) is 2. The summed E-state index contributed by atoms with van der Waals surface area (Å²) < 4.78 is 10.8. The van der Waals surface area contributed by atoms with E-state index in [4.69, 9.17) is 19.7 Å². The Bertz CT molecular complexity index is 433. The zero-order chi connectivity index (χ0) is 16.8. The Balaban J connectivity index is 2.12. The molecule has 1 rings (SSSR count). The van der Waals surface area contributed by atoms with Crippen LogP contribution in [-0.4, -0.2) is 42.6 Å². The molecule has 1 aromatic carbocycles. The first-order valence-corrected chi connectivity index (χ1v) is 8.34. The quantitative estimate of drug-likeness (QED) is 0.514. The number of hydrogen-bond acceptors (Lipinski definition) is 4. The van der Waals surface area contributed by atoms with Crippen LogP contribution in [0.4, 0.5) is 0 Å². The van der Waals surface area contributed by atoms with Gasteiger partial charge in [0.25, 0.3) is 0 Å². The van der Waals surface area contributed by atoms with Gasteiger partial charge in [-0.25, -0.2) is 0 Å². The van der Waals surface area contributed by atoms with Crippen molar-refractivity contribution in [2.24, 2.45) is 0 Å². The summed E-state index contributed by atoms with van der Waals surface area (Å²) in [5, 5.41) is 17.2. The van der Waals surface area contributed by atoms with Crippen molar-refractivity contribution in [2.75, 3.05) is 26.4 Å². The standard InChI is InChI=1S/C18H28O5/c19-11-12-22-13-14-23-17-9-6-8-16(15-17)7-4-2-1-3-5-10-18(20)21/h6,8-9,15,19H,1-5,7,10-14H2,(H,20,21). The largest absolute Gasteiger partial charge is 0.491 e. The first-order valence-electron chi connectivity index (χ1n) is 8.34. The third-order valence-corrected chi connectivity index (χ3v) is 3.49. The zero-order valence-electron chi connectivity index (χ0n) is 13.7. The lowest BCUT2D eigenvalue weighted by Gasteiger charge is -2.08. The minimum absolute atomic E-state index is 0.0335. The monoisotopic (exact) mass is 324 g/mol. The Hall–Kier alpha value is -1.59. The van der Waals surface area contributed by atoms with Crippen molar-refractivity contribution in [3.05, 3.63) is 29.8 Å². The van der Waals surface area contributed by atoms with Crippen LogP contribution < -0.4 is 4.74 Å². The van der Waals surface area contributed by atoms with Crippen molar-refractivity contribution < 1.29 is 24.5 Å². The number of carbonyl (C=O) groups is 1. The maximum absolute atomic E-state index is 10.4. The molecule has 0 spiro atoms. The summed E-state index contributed by atoms with van der Waals surface area (Å²) >= 11 is 0. The lowest BCUT2D eigenvalue weighted by Crippen LogP contribution is -2.09. The third-order valence-electron chi connectivity index (χ3n) is 3.49. The van der Waals surface area contributed by atoms with Crippen LogP contribution in [0.2, 0.25) is 0 Å². The molecule has 0 atom stereocenters. The first kappa shape index (κ1) is 19.5. The number of ether oxygens (including phenoxy) is 2. The highest BCUT2D eigenvalue weighted by molar-refractivity contribution is 5.66. The predicted molar refractivity (Wildman–Crippen MR) is 88.9 cm³/mol. The van der Waals surface area contributed by atoms with E-state index in [1.54, 1.807) is 0 Å². The molecule has 0 aliphatic heterocycles. The van der Waals surface area contributed by atoms with E-state index < -0.39 is 5.97 Å². The van der Waals surface area contributed by atoms with Crippen LogP contribution in [0.1, 0.15) is 44.1 Å². The molecule has 0 aromatic heterocycles. The first-order chi connectivity index (χ1) is 11.2. The van der Waals surface area contributed by atoms with Gasteiger partial charge in [-0.05, 0) is 37.0 Å². The van der Waals surface area contributed by atoms with Gasteiger partial charge in [0.05, 0.1) is 19.8 Å². The van der Waals surface area contributed by atoms with Gasteiger partial charge in [-0.1, -0.05) is 31.4 Å². The fourth-order valence-corrected chi connectivity index (χ4v) is 2.31. The second-order valence-electron chi connectivity index (χ2n) is 5.49. The van der Waals surface area contributed by atoms with Gasteiger partial charge in [0.1, 0.15) is 12.4 Å². The molecule has 0 heterocycles. The van der Waals surface area contributed by atoms with Crippen molar-refractivity contribution in [1.29, 1.82) is 0 Å². The van der Waals surface area contributed by atoms with Gasteiger partial charge in [-0.15, -0.1) is 0 Å². The summed E-state index contributed by atoms with van der Waals surface area (Å²) in [6.07, 6.45) is 6.38. The Morgan fingerprint density at radius 2 is 1.78 bits per heavy atom. The summed E-state index contributed by atoms with van der Waals surface area (Å²) in [7, 11) is 0. The molecular weight excluding hydrogens is 296 g/mol. The molecular formula is C18H28O5. The Labute approximate surface area is 138 Å². The second kappa shape index (κ2) is 12.9. The highest BCUT2D eigenvalue weighted by atomic mass is 16.5. The van der Waals surface area contributed by atoms with Crippen LogP contribution in [0, 0.1) is 0 Å². The van der Waals surface area contributed by atoms with E-state index in [1.165, 1.54) is 5.56 Å². The molecule has 0 bridgehead atoms. The van der Waals surface area contributed by atoms with Gasteiger partial charge in [-0.2, -0.15) is 0 Å². The van der Waals surface area contributed by atoms with Crippen molar-refractivity contribution in [3.63, 3.8) is 0 Å². The van der Waals surface area contributed by atoms with Gasteiger partial charge < -0.3 is 19.7 Å². The molecule has 5 heteroatoms. The molecule has 2 N–H and O–H groups in total. The van der Waals surface area contributed by atoms with E-state index in [1.807, 2.05) is 12.1 Å². The Kier molecular flexibility index (Phi) is 10.9. The van der Waals surface area contributed by atoms with Crippen LogP contribution in [0.25, 0.3) is 0 Å². The summed E-state index contributed by atoms with van der Waals surface area (Å²) in [5.41, 5.74) is 1.25. The van der Waals surface area contributed by atoms with E-state index in [9.17, 15) is 4.79 Å². The fraction of sp³-hybridized carbons (Fsp3) is 0.611. The average Bonchev–Trinajstić information content (AvgIpc) is 2.54. The minimum Gasteiger partial charge on any atom is -0.491 e. The number of aliphatic hydroxyl groups is 1. The number of unbranched alkanes of at least 4 members (excludes halogenated alkanes) is 4. The normalized spacial score (nSPS) is 10.7. The smallest absolute Gasteiger partial charge is 0.303 e. The molecule has 23 heavy (non-hydrogen) atoms. The number of carboxylic acids is 1. The number of benzene rings is 1. The summed E-state index contributed by atoms with van der Waals surface area (Å²) in [6, 6.07) is 8.07. The van der Waals surface area contributed by atoms with Gasteiger partial charge in [0.15, 0.2) is 0 Å². The summed E-state index contributed by atoms with van der Waals surface area (Å²) in [4.78, 5) is 10.4. The van der Waals surface area contributed by atoms with Crippen LogP contribution in [-0.2, 0) is 16.0 Å². The predicted octanol–water partition coefficient (Wildman–Crippen LogP) is 3.04. The molecule has 0 aliphatic rings. The number of aliphatic carboxylic acids is 1. The molecule has 0 saturated heterocycles.